The largest absolute Gasteiger partial charge is 0.461 e. The first-order chi connectivity index (χ1) is 12.0. The molecule has 0 unspecified atom stereocenters. The molecule has 0 spiro atoms. The number of nitrogens with zero attached hydrogens (tertiary/aromatic N) is 2. The van der Waals surface area contributed by atoms with Crippen LogP contribution in [0, 0.1) is 0 Å². The van der Waals surface area contributed by atoms with Gasteiger partial charge in [-0.2, -0.15) is 16.6 Å². The van der Waals surface area contributed by atoms with Gasteiger partial charge < -0.3 is 15.6 Å². The van der Waals surface area contributed by atoms with Crippen LogP contribution in [0.2, 0.25) is 0 Å². The van der Waals surface area contributed by atoms with Crippen LogP contribution in [0.25, 0.3) is 5.53 Å². The molecule has 0 rings (SSSR count). The van der Waals surface area contributed by atoms with Crippen molar-refractivity contribution in [3.05, 3.63) is 5.53 Å². The number of amides is 1. The molecule has 9 nitrogen and oxygen atoms in total. The van der Waals surface area contributed by atoms with Crippen molar-refractivity contribution in [3.63, 3.8) is 0 Å². The van der Waals surface area contributed by atoms with E-state index in [9.17, 15) is 22.8 Å². The number of Topliss-reactive ketones (excluding diaryl/α,β-unsaturated/α-hetero) is 1. The third-order valence-electron chi connectivity index (χ3n) is 3.23. The van der Waals surface area contributed by atoms with Gasteiger partial charge in [0.15, 0.2) is 9.84 Å². The van der Waals surface area contributed by atoms with E-state index in [0.29, 0.717) is 12.0 Å². The number of hydrogen-bond acceptors (Lipinski definition) is 7. The van der Waals surface area contributed by atoms with Crippen molar-refractivity contribution < 1.29 is 32.3 Å². The Balaban J connectivity index is 5.27. The molecule has 148 valence electrons. The highest BCUT2D eigenvalue weighted by Crippen LogP contribution is 2.11. The minimum atomic E-state index is -3.67. The molecule has 1 N–H and O–H groups in total. The Hall–Kier alpha value is -1.71. The average Bonchev–Trinajstić information content (AvgIpc) is 2.49. The molecule has 0 aromatic heterocycles. The van der Waals surface area contributed by atoms with Crippen LogP contribution in [-0.2, 0) is 29.0 Å². The molecule has 0 saturated heterocycles. The third-order valence-corrected chi connectivity index (χ3v) is 5.35. The van der Waals surface area contributed by atoms with E-state index in [0.717, 1.165) is 6.26 Å². The lowest BCUT2D eigenvalue weighted by molar-refractivity contribution is -0.151. The summed E-state index contributed by atoms with van der Waals surface area (Å²) in [5.74, 6) is -1.67. The van der Waals surface area contributed by atoms with Crippen LogP contribution in [0.4, 0.5) is 0 Å². The maximum absolute atomic E-state index is 12.4. The molecule has 0 aliphatic carbocycles. The number of sulfone groups is 1. The van der Waals surface area contributed by atoms with E-state index in [4.69, 9.17) is 10.3 Å². The number of nitrogens with one attached hydrogen (secondary N) is 1. The Bertz CT molecular complexity index is 656. The number of carbonyl (C=O) groups excluding carboxylic acids is 3. The van der Waals surface area contributed by atoms with Crippen LogP contribution in [0.3, 0.4) is 0 Å². The van der Waals surface area contributed by atoms with Gasteiger partial charge in [-0.3, -0.25) is 9.59 Å². The molecule has 0 aliphatic rings. The highest BCUT2D eigenvalue weighted by atomic mass is 32.2. The molecule has 11 heteroatoms. The van der Waals surface area contributed by atoms with Crippen molar-refractivity contribution in [1.29, 1.82) is 0 Å². The summed E-state index contributed by atoms with van der Waals surface area (Å²) in [6.07, 6.45) is 2.80. The fraction of sp³-hybridized carbons (Fsp3) is 0.733. The molecule has 26 heavy (non-hydrogen) atoms. The van der Waals surface area contributed by atoms with E-state index in [1.807, 2.05) is 0 Å². The fourth-order valence-electron chi connectivity index (χ4n) is 2.01. The molecule has 0 radical (unpaired) electrons. The minimum Gasteiger partial charge on any atom is -0.461 e. The number of thioether (sulfide) groups is 1. The van der Waals surface area contributed by atoms with Crippen LogP contribution in [-0.4, -0.2) is 72.7 Å². The Kier molecular flexibility index (Phi) is 11.0. The Labute approximate surface area is 157 Å². The van der Waals surface area contributed by atoms with Crippen molar-refractivity contribution in [1.82, 2.24) is 5.32 Å². The van der Waals surface area contributed by atoms with Gasteiger partial charge >= 0.3 is 12.2 Å². The molecule has 0 fully saturated rings. The summed E-state index contributed by atoms with van der Waals surface area (Å²) in [4.78, 5) is 38.6. The molecular formula is C15H25N3O6S2. The van der Waals surface area contributed by atoms with E-state index in [-0.39, 0.29) is 19.3 Å². The van der Waals surface area contributed by atoms with Gasteiger partial charge in [0.05, 0.1) is 6.10 Å². The lowest BCUT2D eigenvalue weighted by Gasteiger charge is -2.21. The monoisotopic (exact) mass is 407 g/mol. The van der Waals surface area contributed by atoms with Gasteiger partial charge in [-0.05, 0) is 38.7 Å². The number of esters is 1. The fourth-order valence-corrected chi connectivity index (χ4v) is 3.63. The summed E-state index contributed by atoms with van der Waals surface area (Å²) < 4.78 is 28.8. The first-order valence-electron chi connectivity index (χ1n) is 7.91. The highest BCUT2D eigenvalue weighted by molar-refractivity contribution is 7.98. The highest BCUT2D eigenvalue weighted by Gasteiger charge is 2.32. The van der Waals surface area contributed by atoms with Crippen molar-refractivity contribution in [2.45, 2.75) is 50.5 Å². The maximum atomic E-state index is 12.4. The smallest absolute Gasteiger partial charge is 0.328 e. The van der Waals surface area contributed by atoms with E-state index in [1.165, 1.54) is 11.8 Å². The molecule has 0 aromatic rings. The number of rotatable bonds is 12. The zero-order valence-electron chi connectivity index (χ0n) is 15.3. The zero-order chi connectivity index (χ0) is 20.3. The van der Waals surface area contributed by atoms with Gasteiger partial charge in [0.1, 0.15) is 11.3 Å². The zero-order valence-corrected chi connectivity index (χ0v) is 16.9. The molecular weight excluding hydrogens is 382 g/mol. The van der Waals surface area contributed by atoms with Crippen molar-refractivity contribution in [2.24, 2.45) is 0 Å². The Morgan fingerprint density at radius 2 is 1.88 bits per heavy atom. The summed E-state index contributed by atoms with van der Waals surface area (Å²) in [5, 5.41) is 1.08. The summed E-state index contributed by atoms with van der Waals surface area (Å²) in [6.45, 7) is 3.25. The van der Waals surface area contributed by atoms with Gasteiger partial charge in [0.25, 0.3) is 0 Å². The lowest BCUT2D eigenvalue weighted by atomic mass is 10.1. The molecule has 1 amide bonds. The van der Waals surface area contributed by atoms with Crippen molar-refractivity contribution in [3.8, 4) is 0 Å². The number of ketones is 1. The van der Waals surface area contributed by atoms with Crippen LogP contribution in [0.1, 0.15) is 33.1 Å². The topological polar surface area (TPSA) is 143 Å². The number of ether oxygens (including phenoxy) is 1. The van der Waals surface area contributed by atoms with Gasteiger partial charge in [-0.1, -0.05) is 0 Å². The summed E-state index contributed by atoms with van der Waals surface area (Å²) in [7, 11) is -3.67. The van der Waals surface area contributed by atoms with Gasteiger partial charge in [-0.15, -0.1) is 0 Å². The molecule has 2 atom stereocenters. The normalized spacial score (nSPS) is 13.4. The second-order valence-electron chi connectivity index (χ2n) is 5.90. The summed E-state index contributed by atoms with van der Waals surface area (Å²) in [6, 6.07) is -1.18. The van der Waals surface area contributed by atoms with Crippen LogP contribution in [0.15, 0.2) is 0 Å². The number of hydrogen-bond donors (Lipinski definition) is 1. The molecule has 0 aliphatic heterocycles. The van der Waals surface area contributed by atoms with Crippen molar-refractivity contribution >= 4 is 45.5 Å². The predicted octanol–water partition coefficient (Wildman–Crippen LogP) is 0.239. The van der Waals surface area contributed by atoms with E-state index in [1.54, 1.807) is 20.1 Å². The second-order valence-corrected chi connectivity index (χ2v) is 9.11. The van der Waals surface area contributed by atoms with Gasteiger partial charge in [0.2, 0.25) is 11.7 Å². The second kappa shape index (κ2) is 11.8. The third kappa shape index (κ3) is 9.69. The summed E-state index contributed by atoms with van der Waals surface area (Å²) >= 11 is 1.40. The van der Waals surface area contributed by atoms with E-state index < -0.39 is 44.9 Å². The first-order valence-corrected chi connectivity index (χ1v) is 11.3. The van der Waals surface area contributed by atoms with Crippen LogP contribution < -0.4 is 5.32 Å². The molecule has 0 heterocycles. The van der Waals surface area contributed by atoms with E-state index in [2.05, 4.69) is 10.1 Å². The van der Waals surface area contributed by atoms with Crippen LogP contribution >= 0.6 is 11.8 Å². The summed E-state index contributed by atoms with van der Waals surface area (Å²) in [5.41, 5.74) is 8.34. The predicted molar refractivity (Wildman–Crippen MR) is 98.7 cm³/mol. The molecule has 0 saturated carbocycles. The molecule has 0 aromatic carbocycles. The Morgan fingerprint density at radius 1 is 1.27 bits per heavy atom. The average molecular weight is 408 g/mol. The Morgan fingerprint density at radius 3 is 2.35 bits per heavy atom. The molecule has 0 bridgehead atoms. The van der Waals surface area contributed by atoms with Crippen molar-refractivity contribution in [2.75, 3.05) is 18.3 Å². The first kappa shape index (κ1) is 24.3. The number of carbonyl (C=O) groups is 3. The quantitative estimate of drug-likeness (QED) is 0.211. The standard InChI is InChI=1S/C15H25N3O6S2/c1-10(2)24-15(21)12(6-5-11(19)9-17-16)18-14(20)13(7-8-25-3)26(4,22)23/h9-10,12-13H,5-8H2,1-4H3,(H,18,20)/t12-,13-/m0/s1. The van der Waals surface area contributed by atoms with E-state index >= 15 is 0 Å². The SMILES string of the molecule is CSCC[C@@H](C(=O)N[C@@H](CCC(=O)C=[N+]=[N-])C(=O)OC(C)C)S(C)(=O)=O. The maximum Gasteiger partial charge on any atom is 0.328 e. The lowest BCUT2D eigenvalue weighted by Crippen LogP contribution is -2.49. The minimum absolute atomic E-state index is 0.105. The van der Waals surface area contributed by atoms with Gasteiger partial charge in [0, 0.05) is 12.7 Å². The van der Waals surface area contributed by atoms with Crippen LogP contribution in [0.5, 0.6) is 0 Å². The van der Waals surface area contributed by atoms with Gasteiger partial charge in [-0.25, -0.2) is 13.2 Å².